The molecule has 4 rings (SSSR count). The molecule has 0 unspecified atom stereocenters. The minimum Gasteiger partial charge on any atom is -0.351 e. The number of aromatic nitrogens is 3. The van der Waals surface area contributed by atoms with Crippen molar-refractivity contribution >= 4 is 29.3 Å². The Labute approximate surface area is 150 Å². The van der Waals surface area contributed by atoms with Crippen LogP contribution in [0.25, 0.3) is 0 Å². The highest BCUT2D eigenvalue weighted by Gasteiger charge is 2.36. The largest absolute Gasteiger partial charge is 0.351 e. The second-order valence-electron chi connectivity index (χ2n) is 6.41. The molecule has 1 aromatic heterocycles. The van der Waals surface area contributed by atoms with Gasteiger partial charge < -0.3 is 9.88 Å². The van der Waals surface area contributed by atoms with E-state index in [1.165, 1.54) is 37.4 Å². The van der Waals surface area contributed by atoms with Crippen molar-refractivity contribution in [3.05, 3.63) is 40.7 Å². The molecule has 1 aromatic carbocycles. The number of nitrogens with one attached hydrogen (secondary N) is 1. The number of carbonyl (C=O) groups is 1. The number of thioether (sulfide) groups is 1. The molecule has 2 saturated carbocycles. The summed E-state index contributed by atoms with van der Waals surface area (Å²) in [7, 11) is 0. The Morgan fingerprint density at radius 3 is 2.83 bits per heavy atom. The summed E-state index contributed by atoms with van der Waals surface area (Å²) >= 11 is 7.43. The summed E-state index contributed by atoms with van der Waals surface area (Å²) in [5.74, 6) is 2.07. The fourth-order valence-corrected chi connectivity index (χ4v) is 3.77. The van der Waals surface area contributed by atoms with E-state index in [-0.39, 0.29) is 5.91 Å². The number of nitrogens with zero attached hydrogens (tertiary/aromatic N) is 3. The highest BCUT2D eigenvalue weighted by molar-refractivity contribution is 7.99. The van der Waals surface area contributed by atoms with E-state index in [0.717, 1.165) is 16.5 Å². The van der Waals surface area contributed by atoms with Gasteiger partial charge >= 0.3 is 0 Å². The summed E-state index contributed by atoms with van der Waals surface area (Å²) in [5.41, 5.74) is 0.998. The second kappa shape index (κ2) is 6.76. The lowest BCUT2D eigenvalue weighted by atomic mass is 10.2. The zero-order chi connectivity index (χ0) is 16.5. The first-order valence-corrected chi connectivity index (χ1v) is 9.66. The van der Waals surface area contributed by atoms with Gasteiger partial charge in [0.05, 0.1) is 5.75 Å². The third-order valence-electron chi connectivity index (χ3n) is 4.26. The van der Waals surface area contributed by atoms with Crippen LogP contribution in [0.3, 0.4) is 0 Å². The van der Waals surface area contributed by atoms with Crippen molar-refractivity contribution < 1.29 is 4.79 Å². The fraction of sp³-hybridized carbons (Fsp3) is 0.471. The predicted molar refractivity (Wildman–Crippen MR) is 94.3 cm³/mol. The summed E-state index contributed by atoms with van der Waals surface area (Å²) < 4.78 is 2.27. The molecule has 5 nitrogen and oxygen atoms in total. The van der Waals surface area contributed by atoms with Gasteiger partial charge in [-0.05, 0) is 43.4 Å². The van der Waals surface area contributed by atoms with Crippen molar-refractivity contribution in [1.82, 2.24) is 20.1 Å². The van der Waals surface area contributed by atoms with Gasteiger partial charge in [0.15, 0.2) is 5.16 Å². The van der Waals surface area contributed by atoms with Crippen LogP contribution in [0.15, 0.2) is 29.4 Å². The number of hydrogen-bond donors (Lipinski definition) is 1. The van der Waals surface area contributed by atoms with E-state index in [1.54, 1.807) is 0 Å². The van der Waals surface area contributed by atoms with Crippen molar-refractivity contribution in [2.45, 2.75) is 49.3 Å². The molecule has 0 radical (unpaired) electrons. The lowest BCUT2D eigenvalue weighted by Gasteiger charge is -2.08. The third-order valence-corrected chi connectivity index (χ3v) is 5.43. The average molecular weight is 363 g/mol. The molecule has 2 aromatic rings. The molecule has 2 aliphatic rings. The molecule has 0 aliphatic heterocycles. The van der Waals surface area contributed by atoms with Crippen LogP contribution in [0.5, 0.6) is 0 Å². The molecule has 1 amide bonds. The molecule has 0 bridgehead atoms. The van der Waals surface area contributed by atoms with Crippen molar-refractivity contribution in [2.24, 2.45) is 0 Å². The van der Waals surface area contributed by atoms with Gasteiger partial charge in [0.1, 0.15) is 5.82 Å². The van der Waals surface area contributed by atoms with Crippen molar-refractivity contribution in [1.29, 1.82) is 0 Å². The number of rotatable bonds is 7. The van der Waals surface area contributed by atoms with Gasteiger partial charge in [-0.1, -0.05) is 35.5 Å². The number of benzene rings is 1. The Morgan fingerprint density at radius 2 is 2.12 bits per heavy atom. The monoisotopic (exact) mass is 362 g/mol. The molecule has 0 atom stereocenters. The van der Waals surface area contributed by atoms with E-state index in [1.807, 2.05) is 24.3 Å². The fourth-order valence-electron chi connectivity index (χ4n) is 2.71. The summed E-state index contributed by atoms with van der Waals surface area (Å²) in [4.78, 5) is 12.1. The van der Waals surface area contributed by atoms with Gasteiger partial charge in [0, 0.05) is 23.5 Å². The quantitative estimate of drug-likeness (QED) is 0.765. The van der Waals surface area contributed by atoms with Crippen molar-refractivity contribution in [3.8, 4) is 0 Å². The lowest BCUT2D eigenvalue weighted by Crippen LogP contribution is -2.24. The van der Waals surface area contributed by atoms with Crippen LogP contribution in [0.4, 0.5) is 0 Å². The standard InChI is InChI=1S/C17H19ClN4OS/c18-13-3-1-2-11(8-13)9-19-15(23)10-24-17-21-20-16(12-4-5-12)22(17)14-6-7-14/h1-3,8,12,14H,4-7,9-10H2,(H,19,23). The first-order chi connectivity index (χ1) is 11.7. The Kier molecular flexibility index (Phi) is 4.50. The van der Waals surface area contributed by atoms with E-state index in [9.17, 15) is 4.79 Å². The predicted octanol–water partition coefficient (Wildman–Crippen LogP) is 3.55. The normalized spacial score (nSPS) is 17.0. The van der Waals surface area contributed by atoms with E-state index in [2.05, 4.69) is 20.1 Å². The van der Waals surface area contributed by atoms with Gasteiger partial charge in [-0.2, -0.15) is 0 Å². The van der Waals surface area contributed by atoms with Gasteiger partial charge in [-0.15, -0.1) is 10.2 Å². The van der Waals surface area contributed by atoms with E-state index >= 15 is 0 Å². The molecule has 0 saturated heterocycles. The molecule has 2 fully saturated rings. The first kappa shape index (κ1) is 16.0. The van der Waals surface area contributed by atoms with Crippen LogP contribution in [-0.2, 0) is 11.3 Å². The van der Waals surface area contributed by atoms with Gasteiger partial charge in [0.2, 0.25) is 5.91 Å². The second-order valence-corrected chi connectivity index (χ2v) is 7.79. The topological polar surface area (TPSA) is 59.8 Å². The Hall–Kier alpha value is -1.53. The summed E-state index contributed by atoms with van der Waals surface area (Å²) in [6.07, 6.45) is 4.84. The van der Waals surface area contributed by atoms with Crippen LogP contribution in [0, 0.1) is 0 Å². The summed E-state index contributed by atoms with van der Waals surface area (Å²) in [6, 6.07) is 8.07. The van der Waals surface area contributed by atoms with Crippen LogP contribution in [0.2, 0.25) is 5.02 Å². The molecule has 126 valence electrons. The number of amides is 1. The summed E-state index contributed by atoms with van der Waals surface area (Å²) in [5, 5.41) is 13.2. The van der Waals surface area contributed by atoms with Crippen LogP contribution < -0.4 is 5.32 Å². The van der Waals surface area contributed by atoms with E-state index in [0.29, 0.717) is 29.3 Å². The zero-order valence-corrected chi connectivity index (χ0v) is 14.8. The van der Waals surface area contributed by atoms with Gasteiger partial charge in [-0.25, -0.2) is 0 Å². The highest BCUT2D eigenvalue weighted by Crippen LogP contribution is 2.45. The lowest BCUT2D eigenvalue weighted by molar-refractivity contribution is -0.118. The smallest absolute Gasteiger partial charge is 0.230 e. The number of hydrogen-bond acceptors (Lipinski definition) is 4. The minimum atomic E-state index is -0.00158. The molecule has 7 heteroatoms. The zero-order valence-electron chi connectivity index (χ0n) is 13.2. The maximum absolute atomic E-state index is 12.1. The first-order valence-electron chi connectivity index (χ1n) is 8.29. The third kappa shape index (κ3) is 3.75. The summed E-state index contributed by atoms with van der Waals surface area (Å²) in [6.45, 7) is 0.489. The van der Waals surface area contributed by atoms with Crippen molar-refractivity contribution in [2.75, 3.05) is 5.75 Å². The molecule has 24 heavy (non-hydrogen) atoms. The highest BCUT2D eigenvalue weighted by atomic mass is 35.5. The molecule has 0 spiro atoms. The average Bonchev–Trinajstić information content (AvgIpc) is 3.50. The molecule has 2 aliphatic carbocycles. The van der Waals surface area contributed by atoms with Crippen LogP contribution in [-0.4, -0.2) is 26.4 Å². The van der Waals surface area contributed by atoms with Gasteiger partial charge in [0.25, 0.3) is 0 Å². The number of halogens is 1. The SMILES string of the molecule is O=C(CSc1nnc(C2CC2)n1C1CC1)NCc1cccc(Cl)c1. The Balaban J connectivity index is 1.32. The van der Waals surface area contributed by atoms with Crippen molar-refractivity contribution in [3.63, 3.8) is 0 Å². The molecular weight excluding hydrogens is 344 g/mol. The minimum absolute atomic E-state index is 0.00158. The van der Waals surface area contributed by atoms with Gasteiger partial charge in [-0.3, -0.25) is 4.79 Å². The maximum atomic E-state index is 12.1. The maximum Gasteiger partial charge on any atom is 0.230 e. The van der Waals surface area contributed by atoms with Crippen LogP contribution in [0.1, 0.15) is 49.0 Å². The Bertz CT molecular complexity index is 755. The van der Waals surface area contributed by atoms with E-state index in [4.69, 9.17) is 11.6 Å². The Morgan fingerprint density at radius 1 is 1.29 bits per heavy atom. The molecule has 1 heterocycles. The number of carbonyl (C=O) groups excluding carboxylic acids is 1. The molecular formula is C17H19ClN4OS. The molecule has 1 N–H and O–H groups in total. The van der Waals surface area contributed by atoms with E-state index < -0.39 is 0 Å². The van der Waals surface area contributed by atoms with Crippen LogP contribution >= 0.6 is 23.4 Å².